The fourth-order valence-electron chi connectivity index (χ4n) is 0.364. The molecule has 0 aromatic rings. The first-order chi connectivity index (χ1) is 5.38. The summed E-state index contributed by atoms with van der Waals surface area (Å²) in [5, 5.41) is 0. The molecule has 2 nitrogen and oxygen atoms in total. The smallest absolute Gasteiger partial charge is 0.252 e. The Morgan fingerprint density at radius 2 is 2.08 bits per heavy atom. The van der Waals surface area contributed by atoms with Gasteiger partial charge in [0.1, 0.15) is 0 Å². The average Bonchev–Trinajstić information content (AvgIpc) is 1.85. The van der Waals surface area contributed by atoms with Gasteiger partial charge in [0.2, 0.25) is 5.78 Å². The van der Waals surface area contributed by atoms with Gasteiger partial charge >= 0.3 is 0 Å². The monoisotopic (exact) mass is 294 g/mol. The molecular weight excluding hydrogens is 290 g/mol. The number of carbonyl (C=O) groups excluding carboxylic acids is 1. The number of alkyl halides is 3. The zero-order valence-corrected chi connectivity index (χ0v) is 9.97. The molecule has 0 amide bonds. The van der Waals surface area contributed by atoms with E-state index in [1.54, 1.807) is 6.92 Å². The van der Waals surface area contributed by atoms with E-state index in [1.165, 1.54) is 0 Å². The zero-order chi connectivity index (χ0) is 9.78. The lowest BCUT2D eigenvalue weighted by Crippen LogP contribution is -2.16. The van der Waals surface area contributed by atoms with E-state index in [9.17, 15) is 4.79 Å². The lowest BCUT2D eigenvalue weighted by Gasteiger charge is -2.06. The molecule has 0 heterocycles. The van der Waals surface area contributed by atoms with Crippen molar-refractivity contribution >= 4 is 56.5 Å². The topological polar surface area (TPSA) is 26.3 Å². The van der Waals surface area contributed by atoms with Crippen LogP contribution in [0.2, 0.25) is 0 Å². The lowest BCUT2D eigenvalue weighted by atomic mass is 10.4. The van der Waals surface area contributed by atoms with Gasteiger partial charge in [-0.1, -0.05) is 34.8 Å². The van der Waals surface area contributed by atoms with Crippen molar-refractivity contribution in [1.82, 2.24) is 0 Å². The van der Waals surface area contributed by atoms with E-state index < -0.39 is 9.58 Å². The Kier molecular flexibility index (Phi) is 5.57. The van der Waals surface area contributed by atoms with Crippen LogP contribution in [0.25, 0.3) is 0 Å². The Hall–Kier alpha value is 0.560. The van der Waals surface area contributed by atoms with Gasteiger partial charge in [-0.25, -0.2) is 0 Å². The fourth-order valence-corrected chi connectivity index (χ4v) is 0.965. The first-order valence-corrected chi connectivity index (χ1v) is 4.91. The van der Waals surface area contributed by atoms with Crippen molar-refractivity contribution in [1.29, 1.82) is 0 Å². The van der Waals surface area contributed by atoms with Crippen LogP contribution in [-0.4, -0.2) is 16.2 Å². The largest absolute Gasteiger partial charge is 0.487 e. The lowest BCUT2D eigenvalue weighted by molar-refractivity contribution is -0.113. The summed E-state index contributed by atoms with van der Waals surface area (Å²) in [6.07, 6.45) is 1.08. The van der Waals surface area contributed by atoms with Gasteiger partial charge < -0.3 is 4.74 Å². The number of hydrogen-bond donors (Lipinski definition) is 0. The molecule has 0 saturated carbocycles. The molecule has 0 radical (unpaired) electrons. The third-order valence-corrected chi connectivity index (χ3v) is 1.82. The molecule has 0 saturated heterocycles. The maximum atomic E-state index is 11.0. The molecule has 0 atom stereocenters. The third-order valence-electron chi connectivity index (χ3n) is 0.806. The van der Waals surface area contributed by atoms with Crippen LogP contribution in [0.15, 0.2) is 10.7 Å². The van der Waals surface area contributed by atoms with Crippen LogP contribution in [-0.2, 0) is 9.53 Å². The number of ether oxygens (including phenoxy) is 1. The molecule has 0 aliphatic carbocycles. The molecule has 6 heteroatoms. The van der Waals surface area contributed by atoms with Crippen molar-refractivity contribution < 1.29 is 9.53 Å². The second-order valence-corrected chi connectivity index (χ2v) is 4.81. The van der Waals surface area contributed by atoms with Crippen molar-refractivity contribution in [2.75, 3.05) is 6.61 Å². The van der Waals surface area contributed by atoms with Gasteiger partial charge in [0.15, 0.2) is 4.67 Å². The van der Waals surface area contributed by atoms with Crippen LogP contribution in [0.3, 0.4) is 0 Å². The molecule has 0 aromatic carbocycles. The minimum atomic E-state index is -1.92. The van der Waals surface area contributed by atoms with Crippen molar-refractivity contribution in [3.8, 4) is 0 Å². The molecule has 0 rings (SSSR count). The van der Waals surface area contributed by atoms with Crippen LogP contribution in [0.5, 0.6) is 0 Å². The maximum absolute atomic E-state index is 11.0. The standard InChI is InChI=1S/C6H6BrCl3O2/c1-2-12-5(7)3-4(11)6(8,9)10/h3H,2H2,1H3/b5-3-. The summed E-state index contributed by atoms with van der Waals surface area (Å²) in [5.41, 5.74) is 0. The van der Waals surface area contributed by atoms with Crippen molar-refractivity contribution in [3.05, 3.63) is 10.7 Å². The zero-order valence-electron chi connectivity index (χ0n) is 6.11. The Morgan fingerprint density at radius 3 is 2.42 bits per heavy atom. The van der Waals surface area contributed by atoms with E-state index in [0.29, 0.717) is 6.61 Å². The van der Waals surface area contributed by atoms with E-state index >= 15 is 0 Å². The highest BCUT2D eigenvalue weighted by atomic mass is 79.9. The average molecular weight is 296 g/mol. The minimum Gasteiger partial charge on any atom is -0.487 e. The van der Waals surface area contributed by atoms with Crippen LogP contribution in [0.4, 0.5) is 0 Å². The predicted octanol–water partition coefficient (Wildman–Crippen LogP) is 3.20. The molecular formula is C6H6BrCl3O2. The molecule has 0 bridgehead atoms. The Balaban J connectivity index is 4.24. The number of rotatable bonds is 3. The van der Waals surface area contributed by atoms with Gasteiger partial charge in [0.25, 0.3) is 3.79 Å². The summed E-state index contributed by atoms with van der Waals surface area (Å²) in [4.78, 5) is 11.0. The fraction of sp³-hybridized carbons (Fsp3) is 0.500. The van der Waals surface area contributed by atoms with Crippen LogP contribution in [0.1, 0.15) is 6.92 Å². The normalized spacial score (nSPS) is 12.9. The molecule has 0 aromatic heterocycles. The van der Waals surface area contributed by atoms with Gasteiger partial charge in [-0.05, 0) is 22.9 Å². The second kappa shape index (κ2) is 5.32. The molecule has 0 fully saturated rings. The Labute approximate surface area is 93.9 Å². The Morgan fingerprint density at radius 1 is 1.58 bits per heavy atom. The molecule has 0 aliphatic rings. The van der Waals surface area contributed by atoms with E-state index in [-0.39, 0.29) is 4.67 Å². The van der Waals surface area contributed by atoms with Crippen molar-refractivity contribution in [2.45, 2.75) is 10.7 Å². The highest BCUT2D eigenvalue weighted by Crippen LogP contribution is 2.28. The van der Waals surface area contributed by atoms with Gasteiger partial charge in [0.05, 0.1) is 6.61 Å². The van der Waals surface area contributed by atoms with Crippen LogP contribution in [0, 0.1) is 0 Å². The summed E-state index contributed by atoms with van der Waals surface area (Å²) in [6.45, 7) is 2.21. The third kappa shape index (κ3) is 5.25. The van der Waals surface area contributed by atoms with Crippen molar-refractivity contribution in [3.63, 3.8) is 0 Å². The quantitative estimate of drug-likeness (QED) is 0.454. The van der Waals surface area contributed by atoms with Crippen LogP contribution >= 0.6 is 50.7 Å². The van der Waals surface area contributed by atoms with Crippen molar-refractivity contribution in [2.24, 2.45) is 0 Å². The number of allylic oxidation sites excluding steroid dienone is 1. The molecule has 0 N–H and O–H groups in total. The van der Waals surface area contributed by atoms with E-state index in [0.717, 1.165) is 6.08 Å². The first-order valence-electron chi connectivity index (χ1n) is 2.99. The molecule has 0 aliphatic heterocycles. The number of carbonyl (C=O) groups is 1. The van der Waals surface area contributed by atoms with Gasteiger partial charge in [-0.15, -0.1) is 0 Å². The van der Waals surface area contributed by atoms with E-state index in [1.807, 2.05) is 0 Å². The van der Waals surface area contributed by atoms with E-state index in [4.69, 9.17) is 39.5 Å². The van der Waals surface area contributed by atoms with Gasteiger partial charge in [0, 0.05) is 6.08 Å². The summed E-state index contributed by atoms with van der Waals surface area (Å²) in [5.74, 6) is -0.646. The summed E-state index contributed by atoms with van der Waals surface area (Å²) in [6, 6.07) is 0. The second-order valence-electron chi connectivity index (χ2n) is 1.74. The SMILES string of the molecule is CCO/C(Br)=C\C(=O)C(Cl)(Cl)Cl. The summed E-state index contributed by atoms with van der Waals surface area (Å²) < 4.78 is 3.22. The Bertz CT molecular complexity index is 197. The summed E-state index contributed by atoms with van der Waals surface area (Å²) >= 11 is 18.8. The summed E-state index contributed by atoms with van der Waals surface area (Å²) in [7, 11) is 0. The first kappa shape index (κ1) is 12.6. The van der Waals surface area contributed by atoms with Gasteiger partial charge in [-0.3, -0.25) is 4.79 Å². The molecule has 70 valence electrons. The highest BCUT2D eigenvalue weighted by Gasteiger charge is 2.28. The number of hydrogen-bond acceptors (Lipinski definition) is 2. The molecule has 0 unspecified atom stereocenters. The van der Waals surface area contributed by atoms with Crippen LogP contribution < -0.4 is 0 Å². The van der Waals surface area contributed by atoms with Gasteiger partial charge in [-0.2, -0.15) is 0 Å². The minimum absolute atomic E-state index is 0.251. The number of ketones is 1. The molecule has 12 heavy (non-hydrogen) atoms. The highest BCUT2D eigenvalue weighted by molar-refractivity contribution is 9.11. The molecule has 0 spiro atoms. The van der Waals surface area contributed by atoms with E-state index in [2.05, 4.69) is 15.9 Å². The maximum Gasteiger partial charge on any atom is 0.252 e. The predicted molar refractivity (Wildman–Crippen MR) is 53.9 cm³/mol. The number of halogens is 4.